The summed E-state index contributed by atoms with van der Waals surface area (Å²) in [6.07, 6.45) is 0.579. The minimum absolute atomic E-state index is 0.0339. The molecule has 2 heterocycles. The van der Waals surface area contributed by atoms with E-state index in [-0.39, 0.29) is 18.1 Å². The number of hydrogen-bond donors (Lipinski definition) is 1. The Hall–Kier alpha value is -1.62. The maximum atomic E-state index is 11.3. The zero-order valence-corrected chi connectivity index (χ0v) is 9.97. The normalized spacial score (nSPS) is 23.4. The van der Waals surface area contributed by atoms with Crippen LogP contribution in [0.5, 0.6) is 5.88 Å². The van der Waals surface area contributed by atoms with Crippen molar-refractivity contribution in [1.82, 2.24) is 10.3 Å². The molecule has 0 bridgehead atoms. The average molecular weight is 236 g/mol. The largest absolute Gasteiger partial charge is 0.473 e. The van der Waals surface area contributed by atoms with Crippen molar-refractivity contribution < 1.29 is 14.3 Å². The second kappa shape index (κ2) is 5.14. The summed E-state index contributed by atoms with van der Waals surface area (Å²) in [5, 5.41) is 3.06. The lowest BCUT2D eigenvalue weighted by Crippen LogP contribution is -2.31. The lowest BCUT2D eigenvalue weighted by Gasteiger charge is -2.11. The summed E-state index contributed by atoms with van der Waals surface area (Å²) in [7, 11) is 1.39. The molecule has 0 radical (unpaired) electrons. The molecule has 92 valence electrons. The summed E-state index contributed by atoms with van der Waals surface area (Å²) in [6.45, 7) is 2.55. The molecule has 0 aromatic carbocycles. The number of aryl methyl sites for hydroxylation is 1. The van der Waals surface area contributed by atoms with E-state index < -0.39 is 0 Å². The molecule has 2 atom stereocenters. The Morgan fingerprint density at radius 1 is 1.53 bits per heavy atom. The highest BCUT2D eigenvalue weighted by Gasteiger charge is 2.31. The highest BCUT2D eigenvalue weighted by molar-refractivity contribution is 5.76. The van der Waals surface area contributed by atoms with Crippen molar-refractivity contribution >= 4 is 5.97 Å². The SMILES string of the molecule is COC(=O)C1CC(Oc2cccc(C)n2)CN1. The van der Waals surface area contributed by atoms with E-state index in [9.17, 15) is 4.79 Å². The number of aromatic nitrogens is 1. The van der Waals surface area contributed by atoms with E-state index in [0.717, 1.165) is 5.69 Å². The van der Waals surface area contributed by atoms with E-state index in [1.165, 1.54) is 7.11 Å². The van der Waals surface area contributed by atoms with Gasteiger partial charge in [0.2, 0.25) is 5.88 Å². The lowest BCUT2D eigenvalue weighted by atomic mass is 10.2. The van der Waals surface area contributed by atoms with Gasteiger partial charge in [-0.15, -0.1) is 0 Å². The molecular weight excluding hydrogens is 220 g/mol. The second-order valence-electron chi connectivity index (χ2n) is 4.08. The minimum Gasteiger partial charge on any atom is -0.473 e. The van der Waals surface area contributed by atoms with Gasteiger partial charge in [0.05, 0.1) is 7.11 Å². The number of carbonyl (C=O) groups excluding carboxylic acids is 1. The highest BCUT2D eigenvalue weighted by atomic mass is 16.5. The first kappa shape index (κ1) is 11.9. The van der Waals surface area contributed by atoms with Crippen LogP contribution in [0.3, 0.4) is 0 Å². The maximum Gasteiger partial charge on any atom is 0.323 e. The van der Waals surface area contributed by atoms with Crippen LogP contribution in [-0.2, 0) is 9.53 Å². The van der Waals surface area contributed by atoms with Gasteiger partial charge in [0.25, 0.3) is 0 Å². The Balaban J connectivity index is 1.92. The average Bonchev–Trinajstić information content (AvgIpc) is 2.76. The first-order chi connectivity index (χ1) is 8.19. The molecule has 2 unspecified atom stereocenters. The van der Waals surface area contributed by atoms with Gasteiger partial charge in [0.15, 0.2) is 0 Å². The van der Waals surface area contributed by atoms with E-state index in [2.05, 4.69) is 15.0 Å². The molecule has 1 aliphatic heterocycles. The molecule has 1 saturated heterocycles. The molecule has 1 fully saturated rings. The molecule has 0 amide bonds. The Kier molecular flexibility index (Phi) is 3.58. The number of pyridine rings is 1. The van der Waals surface area contributed by atoms with Gasteiger partial charge in [0, 0.05) is 24.7 Å². The number of methoxy groups -OCH3 is 1. The van der Waals surface area contributed by atoms with Crippen LogP contribution in [0, 0.1) is 6.92 Å². The minimum atomic E-state index is -0.269. The zero-order valence-electron chi connectivity index (χ0n) is 9.97. The number of rotatable bonds is 3. The van der Waals surface area contributed by atoms with Crippen molar-refractivity contribution in [3.05, 3.63) is 23.9 Å². The highest BCUT2D eigenvalue weighted by Crippen LogP contribution is 2.16. The van der Waals surface area contributed by atoms with Gasteiger partial charge in [-0.3, -0.25) is 4.79 Å². The number of nitrogens with one attached hydrogen (secondary N) is 1. The molecular formula is C12H16N2O3. The van der Waals surface area contributed by atoms with Crippen molar-refractivity contribution in [2.75, 3.05) is 13.7 Å². The van der Waals surface area contributed by atoms with Gasteiger partial charge in [-0.1, -0.05) is 6.07 Å². The Bertz CT molecular complexity index is 408. The molecule has 1 N–H and O–H groups in total. The number of nitrogens with zero attached hydrogens (tertiary/aromatic N) is 1. The summed E-state index contributed by atoms with van der Waals surface area (Å²) < 4.78 is 10.4. The van der Waals surface area contributed by atoms with Gasteiger partial charge >= 0.3 is 5.97 Å². The molecule has 1 aromatic rings. The third-order valence-electron chi connectivity index (χ3n) is 2.73. The number of hydrogen-bond acceptors (Lipinski definition) is 5. The maximum absolute atomic E-state index is 11.3. The van der Waals surface area contributed by atoms with Crippen LogP contribution in [-0.4, -0.2) is 36.8 Å². The molecule has 0 spiro atoms. The molecule has 0 saturated carbocycles. The van der Waals surface area contributed by atoms with Crippen molar-refractivity contribution in [1.29, 1.82) is 0 Å². The molecule has 5 heteroatoms. The first-order valence-corrected chi connectivity index (χ1v) is 5.60. The summed E-state index contributed by atoms with van der Waals surface area (Å²) >= 11 is 0. The van der Waals surface area contributed by atoms with Crippen molar-refractivity contribution in [2.45, 2.75) is 25.5 Å². The zero-order chi connectivity index (χ0) is 12.3. The van der Waals surface area contributed by atoms with Crippen LogP contribution in [0.1, 0.15) is 12.1 Å². The fraction of sp³-hybridized carbons (Fsp3) is 0.500. The van der Waals surface area contributed by atoms with E-state index in [4.69, 9.17) is 4.74 Å². The lowest BCUT2D eigenvalue weighted by molar-refractivity contribution is -0.142. The van der Waals surface area contributed by atoms with E-state index in [0.29, 0.717) is 18.8 Å². The van der Waals surface area contributed by atoms with Crippen LogP contribution in [0.2, 0.25) is 0 Å². The predicted octanol–water partition coefficient (Wildman–Crippen LogP) is 0.672. The monoisotopic (exact) mass is 236 g/mol. The third kappa shape index (κ3) is 2.94. The summed E-state index contributed by atoms with van der Waals surface area (Å²) in [5.41, 5.74) is 0.915. The third-order valence-corrected chi connectivity index (χ3v) is 2.73. The Morgan fingerprint density at radius 3 is 3.06 bits per heavy atom. The molecule has 2 rings (SSSR count). The summed E-state index contributed by atoms with van der Waals surface area (Å²) in [5.74, 6) is 0.357. The molecule has 1 aromatic heterocycles. The van der Waals surface area contributed by atoms with Gasteiger partial charge < -0.3 is 14.8 Å². The predicted molar refractivity (Wildman–Crippen MR) is 61.8 cm³/mol. The molecule has 0 aliphatic carbocycles. The number of carbonyl (C=O) groups is 1. The van der Waals surface area contributed by atoms with Gasteiger partial charge in [-0.2, -0.15) is 0 Å². The van der Waals surface area contributed by atoms with Crippen LogP contribution in [0.25, 0.3) is 0 Å². The van der Waals surface area contributed by atoms with E-state index in [1.807, 2.05) is 25.1 Å². The van der Waals surface area contributed by atoms with Crippen LogP contribution < -0.4 is 10.1 Å². The Labute approximate surface area is 100 Å². The fourth-order valence-corrected chi connectivity index (χ4v) is 1.87. The summed E-state index contributed by atoms with van der Waals surface area (Å²) in [4.78, 5) is 15.6. The molecule has 1 aliphatic rings. The number of esters is 1. The smallest absolute Gasteiger partial charge is 0.323 e. The summed E-state index contributed by atoms with van der Waals surface area (Å²) in [6, 6.07) is 5.36. The first-order valence-electron chi connectivity index (χ1n) is 5.60. The molecule has 5 nitrogen and oxygen atoms in total. The molecule has 17 heavy (non-hydrogen) atoms. The van der Waals surface area contributed by atoms with Crippen molar-refractivity contribution in [3.8, 4) is 5.88 Å². The Morgan fingerprint density at radius 2 is 2.35 bits per heavy atom. The van der Waals surface area contributed by atoms with Crippen molar-refractivity contribution in [2.24, 2.45) is 0 Å². The van der Waals surface area contributed by atoms with Crippen LogP contribution >= 0.6 is 0 Å². The standard InChI is InChI=1S/C12H16N2O3/c1-8-4-3-5-11(14-8)17-9-6-10(13-7-9)12(15)16-2/h3-5,9-10,13H,6-7H2,1-2H3. The van der Waals surface area contributed by atoms with Gasteiger partial charge in [-0.05, 0) is 13.0 Å². The number of ether oxygens (including phenoxy) is 2. The van der Waals surface area contributed by atoms with Gasteiger partial charge in [0.1, 0.15) is 12.1 Å². The van der Waals surface area contributed by atoms with E-state index in [1.54, 1.807) is 0 Å². The second-order valence-corrected chi connectivity index (χ2v) is 4.08. The topological polar surface area (TPSA) is 60.5 Å². The van der Waals surface area contributed by atoms with Gasteiger partial charge in [-0.25, -0.2) is 4.98 Å². The van der Waals surface area contributed by atoms with Crippen LogP contribution in [0.15, 0.2) is 18.2 Å². The fourth-order valence-electron chi connectivity index (χ4n) is 1.87. The van der Waals surface area contributed by atoms with Crippen LogP contribution in [0.4, 0.5) is 0 Å². The quantitative estimate of drug-likeness (QED) is 0.782. The van der Waals surface area contributed by atoms with Crippen molar-refractivity contribution in [3.63, 3.8) is 0 Å². The van der Waals surface area contributed by atoms with E-state index >= 15 is 0 Å².